The molecule has 7 heteroatoms. The Morgan fingerprint density at radius 1 is 1.27 bits per heavy atom. The second kappa shape index (κ2) is 9.94. The number of allylic oxidation sites excluding steroid dienone is 2. The molecular formula is C23H30F3NO2S. The number of carboxylic acid groups (broad SMARTS) is 1. The summed E-state index contributed by atoms with van der Waals surface area (Å²) in [5.74, 6) is -0.942. The molecule has 2 atom stereocenters. The van der Waals surface area contributed by atoms with Crippen molar-refractivity contribution in [3.05, 3.63) is 59.3 Å². The molecule has 1 heterocycles. The van der Waals surface area contributed by atoms with Gasteiger partial charge in [-0.2, -0.15) is 13.2 Å². The first kappa shape index (κ1) is 24.4. The Labute approximate surface area is 181 Å². The van der Waals surface area contributed by atoms with Crippen molar-refractivity contribution < 1.29 is 23.1 Å². The first-order valence-electron chi connectivity index (χ1n) is 10.1. The molecule has 1 N–H and O–H groups in total. The smallest absolute Gasteiger partial charge is 0.416 e. The predicted molar refractivity (Wildman–Crippen MR) is 116 cm³/mol. The van der Waals surface area contributed by atoms with Gasteiger partial charge in [0.2, 0.25) is 0 Å². The summed E-state index contributed by atoms with van der Waals surface area (Å²) in [6.07, 6.45) is 3.05. The molecule has 1 aromatic rings. The predicted octanol–water partition coefficient (Wildman–Crippen LogP) is 6.36. The number of hydrogen-bond acceptors (Lipinski definition) is 3. The van der Waals surface area contributed by atoms with Crippen LogP contribution in [0, 0.1) is 5.41 Å². The van der Waals surface area contributed by atoms with E-state index in [0.717, 1.165) is 19.0 Å². The number of alkyl halides is 3. The third-order valence-corrected chi connectivity index (χ3v) is 6.43. The number of carboxylic acids is 1. The highest BCUT2D eigenvalue weighted by atomic mass is 32.2. The van der Waals surface area contributed by atoms with Gasteiger partial charge in [0, 0.05) is 18.0 Å². The van der Waals surface area contributed by atoms with E-state index < -0.39 is 17.7 Å². The number of thioether (sulfide) groups is 1. The highest BCUT2D eigenvalue weighted by Crippen LogP contribution is 2.34. The van der Waals surface area contributed by atoms with Crippen LogP contribution >= 0.6 is 11.8 Å². The maximum Gasteiger partial charge on any atom is 0.416 e. The van der Waals surface area contributed by atoms with E-state index >= 15 is 0 Å². The molecule has 2 unspecified atom stereocenters. The standard InChI is InChI=1S/C23H30F3NO2S/c1-16(10-11-17-7-5-8-18(15-17)23(24,25)26)30-20-19(21(28)29)9-6-13-27(20)14-12-22(2,3)4/h5-9,13,15-16,20H,10-12,14H2,1-4H3,(H,28,29). The molecule has 0 aliphatic carbocycles. The molecule has 166 valence electrons. The summed E-state index contributed by atoms with van der Waals surface area (Å²) in [6.45, 7) is 9.18. The molecule has 0 aromatic heterocycles. The number of carbonyl (C=O) groups is 1. The van der Waals surface area contributed by atoms with Crippen molar-refractivity contribution in [3.63, 3.8) is 0 Å². The minimum atomic E-state index is -4.35. The Morgan fingerprint density at radius 2 is 1.97 bits per heavy atom. The molecule has 2 rings (SSSR count). The number of aliphatic carboxylic acids is 1. The molecule has 0 amide bonds. The average Bonchev–Trinajstić information content (AvgIpc) is 2.64. The van der Waals surface area contributed by atoms with Gasteiger partial charge in [-0.25, -0.2) is 4.79 Å². The third-order valence-electron chi connectivity index (χ3n) is 4.94. The van der Waals surface area contributed by atoms with Gasteiger partial charge in [0.05, 0.1) is 11.1 Å². The fraction of sp³-hybridized carbons (Fsp3) is 0.522. The van der Waals surface area contributed by atoms with Crippen molar-refractivity contribution in [3.8, 4) is 0 Å². The minimum absolute atomic E-state index is 0.0796. The summed E-state index contributed by atoms with van der Waals surface area (Å²) >= 11 is 1.55. The summed E-state index contributed by atoms with van der Waals surface area (Å²) in [6, 6.07) is 5.40. The Kier molecular flexibility index (Phi) is 8.08. The lowest BCUT2D eigenvalue weighted by atomic mass is 9.92. The van der Waals surface area contributed by atoms with Crippen molar-refractivity contribution in [1.82, 2.24) is 4.90 Å². The van der Waals surface area contributed by atoms with E-state index in [1.165, 1.54) is 12.1 Å². The van der Waals surface area contributed by atoms with Crippen molar-refractivity contribution >= 4 is 17.7 Å². The molecule has 3 nitrogen and oxygen atoms in total. The van der Waals surface area contributed by atoms with Crippen molar-refractivity contribution in [2.45, 2.75) is 63.8 Å². The van der Waals surface area contributed by atoms with Gasteiger partial charge in [0.1, 0.15) is 5.37 Å². The van der Waals surface area contributed by atoms with Gasteiger partial charge in [-0.15, -0.1) is 11.8 Å². The van der Waals surface area contributed by atoms with Crippen LogP contribution in [0.2, 0.25) is 0 Å². The molecule has 1 aromatic carbocycles. The van der Waals surface area contributed by atoms with E-state index in [9.17, 15) is 23.1 Å². The van der Waals surface area contributed by atoms with Crippen molar-refractivity contribution in [2.24, 2.45) is 5.41 Å². The quantitative estimate of drug-likeness (QED) is 0.509. The van der Waals surface area contributed by atoms with Crippen LogP contribution in [0.4, 0.5) is 13.2 Å². The zero-order valence-electron chi connectivity index (χ0n) is 17.9. The van der Waals surface area contributed by atoms with Crippen molar-refractivity contribution in [1.29, 1.82) is 0 Å². The second-order valence-electron chi connectivity index (χ2n) is 8.85. The van der Waals surface area contributed by atoms with Crippen LogP contribution in [-0.4, -0.2) is 33.1 Å². The molecular weight excluding hydrogens is 411 g/mol. The molecule has 0 radical (unpaired) electrons. The van der Waals surface area contributed by atoms with E-state index in [4.69, 9.17) is 0 Å². The zero-order chi connectivity index (χ0) is 22.5. The monoisotopic (exact) mass is 441 g/mol. The normalized spacial score (nSPS) is 18.3. The van der Waals surface area contributed by atoms with E-state index in [1.807, 2.05) is 13.1 Å². The van der Waals surface area contributed by atoms with Gasteiger partial charge in [0.15, 0.2) is 0 Å². The van der Waals surface area contributed by atoms with E-state index in [1.54, 1.807) is 30.0 Å². The lowest BCUT2D eigenvalue weighted by Gasteiger charge is -2.36. The third kappa shape index (κ3) is 7.42. The van der Waals surface area contributed by atoms with Gasteiger partial charge in [0.25, 0.3) is 0 Å². The average molecular weight is 442 g/mol. The Morgan fingerprint density at radius 3 is 2.57 bits per heavy atom. The molecule has 0 saturated heterocycles. The molecule has 0 bridgehead atoms. The number of benzene rings is 1. The summed E-state index contributed by atoms with van der Waals surface area (Å²) < 4.78 is 38.7. The molecule has 0 spiro atoms. The minimum Gasteiger partial charge on any atom is -0.478 e. The van der Waals surface area contributed by atoms with Gasteiger partial charge in [-0.1, -0.05) is 45.9 Å². The van der Waals surface area contributed by atoms with Crippen LogP contribution in [0.15, 0.2) is 48.2 Å². The Hall–Kier alpha value is -1.89. The van der Waals surface area contributed by atoms with Crippen molar-refractivity contribution in [2.75, 3.05) is 6.54 Å². The molecule has 30 heavy (non-hydrogen) atoms. The first-order valence-corrected chi connectivity index (χ1v) is 11.0. The lowest BCUT2D eigenvalue weighted by Crippen LogP contribution is -2.37. The van der Waals surface area contributed by atoms with Crippen LogP contribution in [-0.2, 0) is 17.4 Å². The maximum absolute atomic E-state index is 12.9. The van der Waals surface area contributed by atoms with Crippen LogP contribution in [0.5, 0.6) is 0 Å². The number of hydrogen-bond donors (Lipinski definition) is 1. The number of rotatable bonds is 8. The molecule has 0 fully saturated rings. The zero-order valence-corrected chi connectivity index (χ0v) is 18.7. The van der Waals surface area contributed by atoms with Gasteiger partial charge in [-0.05, 0) is 48.5 Å². The Bertz CT molecular complexity index is 796. The second-order valence-corrected chi connectivity index (χ2v) is 10.4. The molecule has 1 aliphatic rings. The highest BCUT2D eigenvalue weighted by Gasteiger charge is 2.31. The summed E-state index contributed by atoms with van der Waals surface area (Å²) in [5.41, 5.74) is 0.465. The van der Waals surface area contributed by atoms with Gasteiger partial charge in [-0.3, -0.25) is 0 Å². The highest BCUT2D eigenvalue weighted by molar-refractivity contribution is 8.00. The summed E-state index contributed by atoms with van der Waals surface area (Å²) in [7, 11) is 0. The number of nitrogens with zero attached hydrogens (tertiary/aromatic N) is 1. The molecule has 1 aliphatic heterocycles. The maximum atomic E-state index is 12.9. The van der Waals surface area contributed by atoms with E-state index in [2.05, 4.69) is 25.7 Å². The molecule has 0 saturated carbocycles. The van der Waals surface area contributed by atoms with Crippen LogP contribution < -0.4 is 0 Å². The fourth-order valence-corrected chi connectivity index (χ4v) is 4.49. The first-order chi connectivity index (χ1) is 13.9. The Balaban J connectivity index is 2.04. The summed E-state index contributed by atoms with van der Waals surface area (Å²) in [5, 5.41) is 9.40. The van der Waals surface area contributed by atoms with Crippen LogP contribution in [0.1, 0.15) is 51.7 Å². The SMILES string of the molecule is CC(CCc1cccc(C(F)(F)F)c1)SC1C(C(=O)O)=CC=CN1CCC(C)(C)C. The topological polar surface area (TPSA) is 40.5 Å². The van der Waals surface area contributed by atoms with Crippen LogP contribution in [0.25, 0.3) is 0 Å². The number of halogens is 3. The fourth-order valence-electron chi connectivity index (χ4n) is 3.14. The lowest BCUT2D eigenvalue weighted by molar-refractivity contribution is -0.137. The van der Waals surface area contributed by atoms with E-state index in [-0.39, 0.29) is 16.0 Å². The van der Waals surface area contributed by atoms with E-state index in [0.29, 0.717) is 24.0 Å². The van der Waals surface area contributed by atoms with Gasteiger partial charge >= 0.3 is 12.1 Å². The van der Waals surface area contributed by atoms with Gasteiger partial charge < -0.3 is 10.0 Å². The number of aryl methyl sites for hydroxylation is 1. The largest absolute Gasteiger partial charge is 0.478 e. The van der Waals surface area contributed by atoms with Crippen LogP contribution in [0.3, 0.4) is 0 Å². The summed E-state index contributed by atoms with van der Waals surface area (Å²) in [4.78, 5) is 13.8.